The molecule has 38 heavy (non-hydrogen) atoms. The lowest BCUT2D eigenvalue weighted by molar-refractivity contribution is -0.161. The van der Waals surface area contributed by atoms with Gasteiger partial charge < -0.3 is 9.64 Å². The van der Waals surface area contributed by atoms with Gasteiger partial charge in [0.05, 0.1) is 6.54 Å². The Morgan fingerprint density at radius 3 is 2.53 bits per heavy atom. The van der Waals surface area contributed by atoms with E-state index in [2.05, 4.69) is 28.6 Å². The minimum atomic E-state index is -0.0538. The van der Waals surface area contributed by atoms with Gasteiger partial charge in [-0.3, -0.25) is 14.5 Å². The molecule has 210 valence electrons. The number of esters is 1. The summed E-state index contributed by atoms with van der Waals surface area (Å²) in [7, 11) is 0. The van der Waals surface area contributed by atoms with Gasteiger partial charge in [0.1, 0.15) is 11.9 Å². The quantitative estimate of drug-likeness (QED) is 0.451. The third-order valence-corrected chi connectivity index (χ3v) is 10.8. The number of nitrogens with zero attached hydrogens (tertiary/aromatic N) is 3. The molecule has 0 amide bonds. The highest BCUT2D eigenvalue weighted by molar-refractivity contribution is 5.91. The van der Waals surface area contributed by atoms with Crippen molar-refractivity contribution in [2.45, 2.75) is 71.3 Å². The van der Waals surface area contributed by atoms with Crippen LogP contribution in [-0.2, 0) is 14.3 Å². The van der Waals surface area contributed by atoms with Crippen molar-refractivity contribution in [2.75, 3.05) is 37.6 Å². The molecular formula is C30H43Cl2N3O3. The number of pyridine rings is 1. The number of fused-ring (bicyclic) bond motifs is 5. The first-order valence-corrected chi connectivity index (χ1v) is 14.2. The van der Waals surface area contributed by atoms with E-state index in [4.69, 9.17) is 4.74 Å². The molecule has 0 aromatic carbocycles. The molecule has 4 fully saturated rings. The van der Waals surface area contributed by atoms with Crippen molar-refractivity contribution in [3.8, 4) is 0 Å². The maximum Gasteiger partial charge on any atom is 0.320 e. The lowest BCUT2D eigenvalue weighted by atomic mass is 9.47. The summed E-state index contributed by atoms with van der Waals surface area (Å²) in [5.74, 6) is 3.29. The molecule has 6 nitrogen and oxygen atoms in total. The van der Waals surface area contributed by atoms with E-state index in [-0.39, 0.29) is 47.7 Å². The number of piperazine rings is 1. The Kier molecular flexibility index (Phi) is 8.86. The second-order valence-electron chi connectivity index (χ2n) is 12.5. The second kappa shape index (κ2) is 11.5. The van der Waals surface area contributed by atoms with Crippen LogP contribution in [0.2, 0.25) is 0 Å². The summed E-state index contributed by atoms with van der Waals surface area (Å²) in [5.41, 5.74) is 1.72. The summed E-state index contributed by atoms with van der Waals surface area (Å²) in [4.78, 5) is 34.1. The van der Waals surface area contributed by atoms with Crippen molar-refractivity contribution in [3.63, 3.8) is 0 Å². The second-order valence-corrected chi connectivity index (χ2v) is 12.5. The Morgan fingerprint density at radius 2 is 1.79 bits per heavy atom. The van der Waals surface area contributed by atoms with Crippen LogP contribution in [0.4, 0.5) is 5.82 Å². The number of halogens is 2. The number of ether oxygens (including phenoxy) is 1. The van der Waals surface area contributed by atoms with Gasteiger partial charge in [0.25, 0.3) is 0 Å². The summed E-state index contributed by atoms with van der Waals surface area (Å²) in [6.07, 6.45) is 12.4. The lowest BCUT2D eigenvalue weighted by Gasteiger charge is -2.57. The van der Waals surface area contributed by atoms with Crippen LogP contribution < -0.4 is 4.90 Å². The van der Waals surface area contributed by atoms with Crippen LogP contribution in [0.15, 0.2) is 36.0 Å². The molecule has 1 aromatic rings. The zero-order valence-electron chi connectivity index (χ0n) is 22.8. The number of hydrogen-bond acceptors (Lipinski definition) is 6. The van der Waals surface area contributed by atoms with E-state index >= 15 is 0 Å². The molecule has 0 bridgehead atoms. The van der Waals surface area contributed by atoms with Gasteiger partial charge in [0.2, 0.25) is 0 Å². The van der Waals surface area contributed by atoms with E-state index in [1.807, 2.05) is 30.5 Å². The topological polar surface area (TPSA) is 62.7 Å². The van der Waals surface area contributed by atoms with Crippen LogP contribution in [0.25, 0.3) is 0 Å². The molecule has 0 radical (unpaired) electrons. The van der Waals surface area contributed by atoms with Crippen LogP contribution >= 0.6 is 24.8 Å². The van der Waals surface area contributed by atoms with Crippen molar-refractivity contribution in [3.05, 3.63) is 36.0 Å². The van der Waals surface area contributed by atoms with E-state index < -0.39 is 0 Å². The van der Waals surface area contributed by atoms with Crippen molar-refractivity contribution in [2.24, 2.45) is 28.6 Å². The number of aromatic nitrogens is 1. The highest BCUT2D eigenvalue weighted by Crippen LogP contribution is 2.65. The van der Waals surface area contributed by atoms with E-state index in [1.165, 1.54) is 24.8 Å². The van der Waals surface area contributed by atoms with Crippen molar-refractivity contribution >= 4 is 42.4 Å². The Labute approximate surface area is 239 Å². The van der Waals surface area contributed by atoms with E-state index in [0.29, 0.717) is 36.5 Å². The molecule has 2 heterocycles. The first kappa shape index (κ1) is 29.4. The van der Waals surface area contributed by atoms with Gasteiger partial charge in [-0.1, -0.05) is 25.5 Å². The summed E-state index contributed by atoms with van der Waals surface area (Å²) >= 11 is 0. The highest BCUT2D eigenvalue weighted by Gasteiger charge is 2.60. The molecule has 8 heteroatoms. The van der Waals surface area contributed by atoms with Gasteiger partial charge in [-0.05, 0) is 86.3 Å². The van der Waals surface area contributed by atoms with Gasteiger partial charge in [0, 0.05) is 44.2 Å². The first-order valence-electron chi connectivity index (χ1n) is 14.2. The molecule has 0 N–H and O–H groups in total. The minimum Gasteiger partial charge on any atom is -0.461 e. The number of allylic oxidation sites excluding steroid dienone is 1. The van der Waals surface area contributed by atoms with Crippen LogP contribution in [0, 0.1) is 28.6 Å². The molecule has 1 saturated heterocycles. The largest absolute Gasteiger partial charge is 0.461 e. The van der Waals surface area contributed by atoms with Gasteiger partial charge in [-0.25, -0.2) is 4.98 Å². The number of carbonyl (C=O) groups excluding carboxylic acids is 2. The first-order chi connectivity index (χ1) is 17.4. The van der Waals surface area contributed by atoms with E-state index in [9.17, 15) is 9.59 Å². The molecule has 1 aliphatic heterocycles. The standard InChI is InChI=1S/C30H41N3O3.2ClH/c1-29-12-10-22(34)19-21(29)6-7-23-24-8-9-26(30(24,2)13-11-25(23)29)36-28(35)20-32-15-17-33(18-16-32)27-5-3-4-14-31-27;;/h3-5,14,19,23-26H,6-13,15-18,20H2,1-2H3;2*1H/t23-,24-,25+,26?,29-,30-;;/m0../s1. The van der Waals surface area contributed by atoms with Crippen LogP contribution in [0.5, 0.6) is 0 Å². The lowest BCUT2D eigenvalue weighted by Crippen LogP contribution is -2.52. The zero-order chi connectivity index (χ0) is 24.9. The molecule has 6 atom stereocenters. The third kappa shape index (κ3) is 5.13. The van der Waals surface area contributed by atoms with Gasteiger partial charge >= 0.3 is 5.97 Å². The van der Waals surface area contributed by atoms with E-state index in [0.717, 1.165) is 57.7 Å². The minimum absolute atomic E-state index is 0. The Balaban J connectivity index is 0.00000168. The SMILES string of the molecule is C[C@]12CCC(=O)C=C1CC[C@@H]1[C@H]2CC[C@]2(C)C(OC(=O)CN3CCN(c4ccccn4)CC3)CC[C@@H]12.Cl.Cl. The fourth-order valence-electron chi connectivity index (χ4n) is 8.76. The average molecular weight is 565 g/mol. The number of ketones is 1. The molecule has 4 aliphatic carbocycles. The van der Waals surface area contributed by atoms with Crippen molar-refractivity contribution < 1.29 is 14.3 Å². The number of rotatable bonds is 4. The maximum atomic E-state index is 13.1. The average Bonchev–Trinajstić information content (AvgIpc) is 3.21. The molecule has 6 rings (SSSR count). The van der Waals surface area contributed by atoms with Gasteiger partial charge in [-0.15, -0.1) is 24.8 Å². The summed E-state index contributed by atoms with van der Waals surface area (Å²) in [6, 6.07) is 6.01. The number of carbonyl (C=O) groups is 2. The summed E-state index contributed by atoms with van der Waals surface area (Å²) in [5, 5.41) is 0. The monoisotopic (exact) mass is 563 g/mol. The molecular weight excluding hydrogens is 521 g/mol. The molecule has 1 aromatic heterocycles. The molecule has 5 aliphatic rings. The fourth-order valence-corrected chi connectivity index (χ4v) is 8.76. The zero-order valence-corrected chi connectivity index (χ0v) is 24.4. The Morgan fingerprint density at radius 1 is 1.00 bits per heavy atom. The summed E-state index contributed by atoms with van der Waals surface area (Å²) < 4.78 is 6.26. The van der Waals surface area contributed by atoms with Crippen LogP contribution in [0.3, 0.4) is 0 Å². The van der Waals surface area contributed by atoms with Crippen molar-refractivity contribution in [1.29, 1.82) is 0 Å². The fraction of sp³-hybridized carbons (Fsp3) is 0.700. The molecule has 0 spiro atoms. The normalized spacial score (nSPS) is 36.5. The maximum absolute atomic E-state index is 13.1. The third-order valence-electron chi connectivity index (χ3n) is 10.8. The van der Waals surface area contributed by atoms with Gasteiger partial charge in [-0.2, -0.15) is 0 Å². The Bertz CT molecular complexity index is 1040. The predicted molar refractivity (Wildman–Crippen MR) is 154 cm³/mol. The van der Waals surface area contributed by atoms with Crippen LogP contribution in [0.1, 0.15) is 65.2 Å². The highest BCUT2D eigenvalue weighted by atomic mass is 35.5. The summed E-state index contributed by atoms with van der Waals surface area (Å²) in [6.45, 7) is 8.72. The van der Waals surface area contributed by atoms with Crippen molar-refractivity contribution in [1.82, 2.24) is 9.88 Å². The van der Waals surface area contributed by atoms with Crippen LogP contribution in [-0.4, -0.2) is 60.5 Å². The number of hydrogen-bond donors (Lipinski definition) is 0. The Hall–Kier alpha value is -1.63. The number of anilines is 1. The van der Waals surface area contributed by atoms with E-state index in [1.54, 1.807) is 0 Å². The predicted octanol–water partition coefficient (Wildman–Crippen LogP) is 5.49. The molecule has 3 saturated carbocycles. The molecule has 1 unspecified atom stereocenters. The smallest absolute Gasteiger partial charge is 0.320 e. The van der Waals surface area contributed by atoms with Gasteiger partial charge in [0.15, 0.2) is 5.78 Å².